The fourth-order valence-electron chi connectivity index (χ4n) is 1.58. The minimum Gasteiger partial charge on any atom is -0.478 e. The van der Waals surface area contributed by atoms with Gasteiger partial charge in [-0.15, -0.1) is 0 Å². The standard InChI is InChI=1S/C13H7BrClNO4S/c14-10-3-2-8(6-9(10)13(17)18)21-12-4-1-7(15)5-11(12)16(19)20/h1-6H,(H,17,18). The van der Waals surface area contributed by atoms with E-state index in [1.54, 1.807) is 18.2 Å². The van der Waals surface area contributed by atoms with Gasteiger partial charge in [-0.2, -0.15) is 0 Å². The van der Waals surface area contributed by atoms with E-state index >= 15 is 0 Å². The van der Waals surface area contributed by atoms with Crippen molar-refractivity contribution in [1.82, 2.24) is 0 Å². The number of nitro groups is 1. The first kappa shape index (κ1) is 15.8. The predicted molar refractivity (Wildman–Crippen MR) is 83.3 cm³/mol. The molecule has 0 aromatic heterocycles. The van der Waals surface area contributed by atoms with Gasteiger partial charge in [0.2, 0.25) is 0 Å². The molecule has 0 aliphatic heterocycles. The number of nitrogens with zero attached hydrogens (tertiary/aromatic N) is 1. The van der Waals surface area contributed by atoms with Crippen LogP contribution >= 0.6 is 39.3 Å². The highest BCUT2D eigenvalue weighted by atomic mass is 79.9. The van der Waals surface area contributed by atoms with Crippen LogP contribution in [0, 0.1) is 10.1 Å². The Labute approximate surface area is 137 Å². The molecule has 0 aliphatic rings. The number of hydrogen-bond acceptors (Lipinski definition) is 4. The average Bonchev–Trinajstić information content (AvgIpc) is 2.42. The fraction of sp³-hybridized carbons (Fsp3) is 0. The van der Waals surface area contributed by atoms with Gasteiger partial charge in [-0.25, -0.2) is 4.79 Å². The van der Waals surface area contributed by atoms with Crippen molar-refractivity contribution in [2.24, 2.45) is 0 Å². The second kappa shape index (κ2) is 6.46. The first-order valence-corrected chi connectivity index (χ1v) is 7.52. The first-order chi connectivity index (χ1) is 9.88. The number of halogens is 2. The van der Waals surface area contributed by atoms with Crippen molar-refractivity contribution >= 4 is 50.9 Å². The van der Waals surface area contributed by atoms with E-state index in [4.69, 9.17) is 16.7 Å². The number of rotatable bonds is 4. The van der Waals surface area contributed by atoms with Crippen molar-refractivity contribution in [2.75, 3.05) is 0 Å². The lowest BCUT2D eigenvalue weighted by Crippen LogP contribution is -1.97. The molecule has 0 saturated heterocycles. The van der Waals surface area contributed by atoms with Crippen LogP contribution in [0.1, 0.15) is 10.4 Å². The van der Waals surface area contributed by atoms with E-state index in [1.807, 2.05) is 0 Å². The molecule has 2 aromatic rings. The monoisotopic (exact) mass is 387 g/mol. The summed E-state index contributed by atoms with van der Waals surface area (Å²) in [4.78, 5) is 22.6. The molecule has 2 rings (SSSR count). The van der Waals surface area contributed by atoms with Crippen LogP contribution < -0.4 is 0 Å². The van der Waals surface area contributed by atoms with E-state index in [1.165, 1.54) is 18.2 Å². The Bertz CT molecular complexity index is 738. The second-order valence-corrected chi connectivity index (χ2v) is 6.32. The molecule has 8 heteroatoms. The van der Waals surface area contributed by atoms with E-state index < -0.39 is 10.9 Å². The molecular formula is C13H7BrClNO4S. The van der Waals surface area contributed by atoms with Crippen LogP contribution in [0.4, 0.5) is 5.69 Å². The van der Waals surface area contributed by atoms with Crippen molar-refractivity contribution < 1.29 is 14.8 Å². The molecule has 0 spiro atoms. The van der Waals surface area contributed by atoms with E-state index in [2.05, 4.69) is 15.9 Å². The normalized spacial score (nSPS) is 10.4. The summed E-state index contributed by atoms with van der Waals surface area (Å²) >= 11 is 10.0. The zero-order chi connectivity index (χ0) is 15.6. The van der Waals surface area contributed by atoms with Gasteiger partial charge in [-0.05, 0) is 46.3 Å². The van der Waals surface area contributed by atoms with Gasteiger partial charge < -0.3 is 5.11 Å². The molecule has 1 N–H and O–H groups in total. The zero-order valence-corrected chi connectivity index (χ0v) is 13.4. The van der Waals surface area contributed by atoms with Gasteiger partial charge in [0.05, 0.1) is 15.4 Å². The van der Waals surface area contributed by atoms with E-state index in [9.17, 15) is 14.9 Å². The Kier molecular flexibility index (Phi) is 4.87. The van der Waals surface area contributed by atoms with E-state index in [-0.39, 0.29) is 16.3 Å². The van der Waals surface area contributed by atoms with Crippen molar-refractivity contribution in [2.45, 2.75) is 9.79 Å². The Balaban J connectivity index is 2.41. The lowest BCUT2D eigenvalue weighted by Gasteiger charge is -2.06. The summed E-state index contributed by atoms with van der Waals surface area (Å²) in [6.07, 6.45) is 0. The zero-order valence-electron chi connectivity index (χ0n) is 10.2. The van der Waals surface area contributed by atoms with Crippen LogP contribution in [0.25, 0.3) is 0 Å². The third-order valence-electron chi connectivity index (χ3n) is 2.51. The maximum absolute atomic E-state index is 11.1. The van der Waals surface area contributed by atoms with Crippen LogP contribution in [-0.2, 0) is 0 Å². The molecule has 0 atom stereocenters. The summed E-state index contributed by atoms with van der Waals surface area (Å²) in [7, 11) is 0. The number of carboxylic acid groups (broad SMARTS) is 1. The van der Waals surface area contributed by atoms with E-state index in [0.29, 0.717) is 14.3 Å². The summed E-state index contributed by atoms with van der Waals surface area (Å²) in [5, 5.41) is 20.4. The molecule has 0 fully saturated rings. The van der Waals surface area contributed by atoms with Gasteiger partial charge in [0.25, 0.3) is 5.69 Å². The third-order valence-corrected chi connectivity index (χ3v) is 4.50. The van der Waals surface area contributed by atoms with Crippen molar-refractivity contribution in [1.29, 1.82) is 0 Å². The molecular weight excluding hydrogens is 382 g/mol. The summed E-state index contributed by atoms with van der Waals surface area (Å²) in [5.41, 5.74) is -0.0242. The van der Waals surface area contributed by atoms with Crippen molar-refractivity contribution in [3.05, 3.63) is 61.6 Å². The molecule has 5 nitrogen and oxygen atoms in total. The van der Waals surface area contributed by atoms with Crippen molar-refractivity contribution in [3.8, 4) is 0 Å². The molecule has 0 aliphatic carbocycles. The summed E-state index contributed by atoms with van der Waals surface area (Å²) in [6.45, 7) is 0. The van der Waals surface area contributed by atoms with Gasteiger partial charge in [0.1, 0.15) is 0 Å². The van der Waals surface area contributed by atoms with Gasteiger partial charge in [0.15, 0.2) is 0 Å². The minimum absolute atomic E-state index is 0.0941. The molecule has 0 bridgehead atoms. The van der Waals surface area contributed by atoms with Crippen molar-refractivity contribution in [3.63, 3.8) is 0 Å². The molecule has 108 valence electrons. The minimum atomic E-state index is -1.07. The number of benzene rings is 2. The molecule has 21 heavy (non-hydrogen) atoms. The Hall–Kier alpha value is -1.57. The van der Waals surface area contributed by atoms with Crippen LogP contribution in [-0.4, -0.2) is 16.0 Å². The largest absolute Gasteiger partial charge is 0.478 e. The fourth-order valence-corrected chi connectivity index (χ4v) is 3.10. The van der Waals surface area contributed by atoms with Crippen LogP contribution in [0.3, 0.4) is 0 Å². The first-order valence-electron chi connectivity index (χ1n) is 5.53. The number of hydrogen-bond donors (Lipinski definition) is 1. The molecule has 0 heterocycles. The summed E-state index contributed by atoms with van der Waals surface area (Å²) < 4.78 is 0.449. The van der Waals surface area contributed by atoms with E-state index in [0.717, 1.165) is 11.8 Å². The quantitative estimate of drug-likeness (QED) is 0.597. The lowest BCUT2D eigenvalue weighted by molar-refractivity contribution is -0.387. The maximum Gasteiger partial charge on any atom is 0.336 e. The maximum atomic E-state index is 11.1. The number of carboxylic acids is 1. The summed E-state index contributed by atoms with van der Waals surface area (Å²) in [5.74, 6) is -1.07. The third kappa shape index (κ3) is 3.75. The SMILES string of the molecule is O=C(O)c1cc(Sc2ccc(Cl)cc2[N+](=O)[O-])ccc1Br. The Morgan fingerprint density at radius 3 is 2.62 bits per heavy atom. The average molecular weight is 389 g/mol. The Morgan fingerprint density at radius 2 is 2.00 bits per heavy atom. The van der Waals surface area contributed by atoms with Gasteiger partial charge in [-0.3, -0.25) is 10.1 Å². The highest BCUT2D eigenvalue weighted by molar-refractivity contribution is 9.10. The molecule has 0 unspecified atom stereocenters. The molecule has 0 amide bonds. The molecule has 2 aromatic carbocycles. The molecule has 0 radical (unpaired) electrons. The predicted octanol–water partition coefficient (Wildman–Crippen LogP) is 4.86. The van der Waals surface area contributed by atoms with Gasteiger partial charge in [0, 0.05) is 20.5 Å². The Morgan fingerprint density at radius 1 is 1.29 bits per heavy atom. The molecule has 0 saturated carbocycles. The smallest absolute Gasteiger partial charge is 0.336 e. The van der Waals surface area contributed by atoms with Gasteiger partial charge in [-0.1, -0.05) is 23.4 Å². The van der Waals surface area contributed by atoms with Crippen LogP contribution in [0.5, 0.6) is 0 Å². The summed E-state index contributed by atoms with van der Waals surface area (Å²) in [6, 6.07) is 9.07. The lowest BCUT2D eigenvalue weighted by atomic mass is 10.2. The highest BCUT2D eigenvalue weighted by Gasteiger charge is 2.17. The van der Waals surface area contributed by atoms with Crippen LogP contribution in [0.15, 0.2) is 50.7 Å². The number of aromatic carboxylic acids is 1. The highest BCUT2D eigenvalue weighted by Crippen LogP contribution is 2.37. The topological polar surface area (TPSA) is 80.4 Å². The van der Waals surface area contributed by atoms with Gasteiger partial charge >= 0.3 is 5.97 Å². The number of carbonyl (C=O) groups is 1. The second-order valence-electron chi connectivity index (χ2n) is 3.92. The number of nitro benzene ring substituents is 1. The van der Waals surface area contributed by atoms with Crippen LogP contribution in [0.2, 0.25) is 5.02 Å².